The van der Waals surface area contributed by atoms with Gasteiger partial charge in [-0.1, -0.05) is 18.6 Å². The minimum atomic E-state index is 0.285. The van der Waals surface area contributed by atoms with E-state index in [2.05, 4.69) is 13.0 Å². The fraction of sp³-hybridized carbons (Fsp3) is 0.800. The summed E-state index contributed by atoms with van der Waals surface area (Å²) in [5.41, 5.74) is 7.32. The van der Waals surface area contributed by atoms with Crippen molar-refractivity contribution in [3.8, 4) is 0 Å². The zero-order chi connectivity index (χ0) is 8.97. The summed E-state index contributed by atoms with van der Waals surface area (Å²) in [5, 5.41) is 0. The van der Waals surface area contributed by atoms with E-state index in [-0.39, 0.29) is 6.04 Å². The molecule has 0 bridgehead atoms. The highest BCUT2D eigenvalue weighted by molar-refractivity contribution is 5.12. The van der Waals surface area contributed by atoms with E-state index in [4.69, 9.17) is 10.5 Å². The fourth-order valence-corrected chi connectivity index (χ4v) is 1.75. The summed E-state index contributed by atoms with van der Waals surface area (Å²) in [4.78, 5) is 0. The summed E-state index contributed by atoms with van der Waals surface area (Å²) < 4.78 is 5.11. The van der Waals surface area contributed by atoms with Gasteiger partial charge in [0, 0.05) is 19.1 Å². The molecule has 12 heavy (non-hydrogen) atoms. The Morgan fingerprint density at radius 3 is 3.08 bits per heavy atom. The number of hydrogen-bond donors (Lipinski definition) is 1. The Hall–Kier alpha value is -0.340. The van der Waals surface area contributed by atoms with Crippen LogP contribution in [-0.2, 0) is 4.74 Å². The molecular weight excluding hydrogens is 150 g/mol. The molecule has 0 saturated carbocycles. The van der Waals surface area contributed by atoms with Gasteiger partial charge in [-0.15, -0.1) is 0 Å². The lowest BCUT2D eigenvalue weighted by Gasteiger charge is -2.22. The Morgan fingerprint density at radius 2 is 2.50 bits per heavy atom. The number of hydrogen-bond acceptors (Lipinski definition) is 2. The smallest absolute Gasteiger partial charge is 0.0525 e. The molecule has 2 unspecified atom stereocenters. The quantitative estimate of drug-likeness (QED) is 0.653. The first-order valence-electron chi connectivity index (χ1n) is 4.69. The highest BCUT2D eigenvalue weighted by Gasteiger charge is 2.14. The summed E-state index contributed by atoms with van der Waals surface area (Å²) in [6, 6.07) is 0.285. The second kappa shape index (κ2) is 4.63. The molecule has 0 saturated heterocycles. The maximum atomic E-state index is 5.84. The minimum Gasteiger partial charge on any atom is -0.384 e. The van der Waals surface area contributed by atoms with Crippen molar-refractivity contribution in [1.82, 2.24) is 0 Å². The molecule has 2 heteroatoms. The van der Waals surface area contributed by atoms with Crippen molar-refractivity contribution < 1.29 is 4.74 Å². The lowest BCUT2D eigenvalue weighted by Crippen LogP contribution is -2.23. The third kappa shape index (κ3) is 2.61. The number of ether oxygens (including phenoxy) is 1. The van der Waals surface area contributed by atoms with Crippen molar-refractivity contribution in [3.63, 3.8) is 0 Å². The van der Waals surface area contributed by atoms with Crippen LogP contribution in [0.15, 0.2) is 11.6 Å². The molecule has 0 aromatic heterocycles. The maximum Gasteiger partial charge on any atom is 0.0525 e. The van der Waals surface area contributed by atoms with Gasteiger partial charge in [0.15, 0.2) is 0 Å². The number of nitrogens with two attached hydrogens (primary N) is 1. The molecule has 0 heterocycles. The Bertz CT molecular complexity index is 165. The second-order valence-electron chi connectivity index (χ2n) is 3.65. The molecule has 0 aliphatic heterocycles. The summed E-state index contributed by atoms with van der Waals surface area (Å²) in [5.74, 6) is 0.543. The molecule has 1 aliphatic carbocycles. The number of rotatable bonds is 3. The van der Waals surface area contributed by atoms with Gasteiger partial charge in [-0.05, 0) is 19.3 Å². The van der Waals surface area contributed by atoms with Gasteiger partial charge in [0.1, 0.15) is 0 Å². The van der Waals surface area contributed by atoms with E-state index in [0.29, 0.717) is 5.92 Å². The largest absolute Gasteiger partial charge is 0.384 e. The molecule has 0 aromatic rings. The molecule has 2 nitrogen and oxygen atoms in total. The van der Waals surface area contributed by atoms with Crippen LogP contribution in [0.5, 0.6) is 0 Å². The lowest BCUT2D eigenvalue weighted by molar-refractivity contribution is 0.170. The summed E-state index contributed by atoms with van der Waals surface area (Å²) >= 11 is 0. The first-order chi connectivity index (χ1) is 5.74. The van der Waals surface area contributed by atoms with E-state index in [1.165, 1.54) is 18.4 Å². The van der Waals surface area contributed by atoms with Gasteiger partial charge in [0.25, 0.3) is 0 Å². The van der Waals surface area contributed by atoms with Crippen LogP contribution in [0, 0.1) is 5.92 Å². The number of methoxy groups -OCH3 is 1. The van der Waals surface area contributed by atoms with Gasteiger partial charge in [0.2, 0.25) is 0 Å². The van der Waals surface area contributed by atoms with Crippen LogP contribution in [0.2, 0.25) is 0 Å². The maximum absolute atomic E-state index is 5.84. The average Bonchev–Trinajstić information content (AvgIpc) is 2.05. The molecule has 1 aliphatic rings. The molecule has 2 atom stereocenters. The highest BCUT2D eigenvalue weighted by Crippen LogP contribution is 2.23. The summed E-state index contributed by atoms with van der Waals surface area (Å²) in [6.07, 6.45) is 5.80. The van der Waals surface area contributed by atoms with Crippen LogP contribution in [-0.4, -0.2) is 19.8 Å². The zero-order valence-corrected chi connectivity index (χ0v) is 8.05. The SMILES string of the molecule is COCC(C)C1=CC(N)CCC1. The van der Waals surface area contributed by atoms with Crippen LogP contribution < -0.4 is 5.73 Å². The van der Waals surface area contributed by atoms with E-state index in [1.54, 1.807) is 7.11 Å². The van der Waals surface area contributed by atoms with Gasteiger partial charge in [0.05, 0.1) is 6.61 Å². The molecule has 0 fully saturated rings. The molecule has 0 aromatic carbocycles. The van der Waals surface area contributed by atoms with Gasteiger partial charge < -0.3 is 10.5 Å². The molecule has 70 valence electrons. The fourth-order valence-electron chi connectivity index (χ4n) is 1.75. The first kappa shape index (κ1) is 9.75. The Morgan fingerprint density at radius 1 is 1.75 bits per heavy atom. The predicted molar refractivity (Wildman–Crippen MR) is 50.9 cm³/mol. The van der Waals surface area contributed by atoms with Crippen molar-refractivity contribution in [2.75, 3.05) is 13.7 Å². The Labute approximate surface area is 74.8 Å². The van der Waals surface area contributed by atoms with Gasteiger partial charge in [-0.2, -0.15) is 0 Å². The third-order valence-corrected chi connectivity index (χ3v) is 2.48. The van der Waals surface area contributed by atoms with Crippen LogP contribution in [0.3, 0.4) is 0 Å². The lowest BCUT2D eigenvalue weighted by atomic mass is 9.89. The van der Waals surface area contributed by atoms with Crippen molar-refractivity contribution in [1.29, 1.82) is 0 Å². The van der Waals surface area contributed by atoms with Crippen molar-refractivity contribution in [2.45, 2.75) is 32.2 Å². The summed E-state index contributed by atoms with van der Waals surface area (Å²) in [7, 11) is 1.75. The standard InChI is InChI=1S/C10H19NO/c1-8(7-12-2)9-4-3-5-10(11)6-9/h6,8,10H,3-5,7,11H2,1-2H3. The first-order valence-corrected chi connectivity index (χ1v) is 4.69. The Balaban J connectivity index is 2.48. The van der Waals surface area contributed by atoms with E-state index in [1.807, 2.05) is 0 Å². The van der Waals surface area contributed by atoms with Crippen LogP contribution in [0.1, 0.15) is 26.2 Å². The zero-order valence-electron chi connectivity index (χ0n) is 8.05. The highest BCUT2D eigenvalue weighted by atomic mass is 16.5. The van der Waals surface area contributed by atoms with Crippen LogP contribution >= 0.6 is 0 Å². The Kier molecular flexibility index (Phi) is 3.76. The van der Waals surface area contributed by atoms with Gasteiger partial charge in [-0.3, -0.25) is 0 Å². The molecule has 2 N–H and O–H groups in total. The molecule has 1 rings (SSSR count). The molecular formula is C10H19NO. The van der Waals surface area contributed by atoms with E-state index < -0.39 is 0 Å². The topological polar surface area (TPSA) is 35.2 Å². The van der Waals surface area contributed by atoms with E-state index in [9.17, 15) is 0 Å². The summed E-state index contributed by atoms with van der Waals surface area (Å²) in [6.45, 7) is 3.02. The van der Waals surface area contributed by atoms with Gasteiger partial charge in [-0.25, -0.2) is 0 Å². The normalized spacial score (nSPS) is 26.6. The van der Waals surface area contributed by atoms with Crippen molar-refractivity contribution in [2.24, 2.45) is 11.7 Å². The van der Waals surface area contributed by atoms with Gasteiger partial charge >= 0.3 is 0 Å². The van der Waals surface area contributed by atoms with E-state index in [0.717, 1.165) is 13.0 Å². The molecule has 0 spiro atoms. The molecule has 0 radical (unpaired) electrons. The van der Waals surface area contributed by atoms with Crippen LogP contribution in [0.25, 0.3) is 0 Å². The predicted octanol–water partition coefficient (Wildman–Crippen LogP) is 1.71. The molecule has 0 amide bonds. The van der Waals surface area contributed by atoms with Crippen molar-refractivity contribution >= 4 is 0 Å². The van der Waals surface area contributed by atoms with Crippen molar-refractivity contribution in [3.05, 3.63) is 11.6 Å². The second-order valence-corrected chi connectivity index (χ2v) is 3.65. The minimum absolute atomic E-state index is 0.285. The van der Waals surface area contributed by atoms with Crippen LogP contribution in [0.4, 0.5) is 0 Å². The third-order valence-electron chi connectivity index (χ3n) is 2.48. The van der Waals surface area contributed by atoms with E-state index >= 15 is 0 Å². The average molecular weight is 169 g/mol. The monoisotopic (exact) mass is 169 g/mol.